The molecule has 1 saturated heterocycles. The third-order valence-electron chi connectivity index (χ3n) is 6.98. The number of benzene rings is 1. The second-order valence-electron chi connectivity index (χ2n) is 9.26. The van der Waals surface area contributed by atoms with Gasteiger partial charge < -0.3 is 14.8 Å². The molecule has 2 aliphatic rings. The zero-order chi connectivity index (χ0) is 24.2. The molecule has 6 rings (SSSR count). The second-order valence-corrected chi connectivity index (χ2v) is 9.26. The summed E-state index contributed by atoms with van der Waals surface area (Å²) in [6.07, 6.45) is 6.63. The van der Waals surface area contributed by atoms with Gasteiger partial charge >= 0.3 is 0 Å². The SMILES string of the molecule is Cc1ccn(-c2ccnc3c(C(=O)C(=O)N4CCN(C(=O)c5ccccc5)C5(CC5)C4)c[nH]c23)n1. The molecule has 1 aliphatic carbocycles. The summed E-state index contributed by atoms with van der Waals surface area (Å²) in [5.74, 6) is -1.19. The first-order chi connectivity index (χ1) is 17.0. The zero-order valence-corrected chi connectivity index (χ0v) is 19.3. The van der Waals surface area contributed by atoms with Gasteiger partial charge in [0.25, 0.3) is 17.6 Å². The third-order valence-corrected chi connectivity index (χ3v) is 6.98. The number of nitrogens with zero attached hydrogens (tertiary/aromatic N) is 5. The minimum Gasteiger partial charge on any atom is -0.357 e. The van der Waals surface area contributed by atoms with Crippen molar-refractivity contribution in [3.8, 4) is 5.69 Å². The predicted molar refractivity (Wildman–Crippen MR) is 128 cm³/mol. The van der Waals surface area contributed by atoms with E-state index < -0.39 is 11.7 Å². The number of pyridine rings is 1. The van der Waals surface area contributed by atoms with Crippen LogP contribution in [0.15, 0.2) is 61.1 Å². The van der Waals surface area contributed by atoms with Crippen LogP contribution >= 0.6 is 0 Å². The summed E-state index contributed by atoms with van der Waals surface area (Å²) in [6.45, 7) is 2.99. The minimum absolute atomic E-state index is 0.0243. The highest BCUT2D eigenvalue weighted by atomic mass is 16.2. The molecular formula is C26H24N6O3. The van der Waals surface area contributed by atoms with E-state index in [4.69, 9.17) is 0 Å². The highest BCUT2D eigenvalue weighted by Gasteiger charge is 2.54. The molecule has 4 heterocycles. The molecule has 1 spiro atoms. The van der Waals surface area contributed by atoms with Crippen LogP contribution in [0.25, 0.3) is 16.7 Å². The van der Waals surface area contributed by atoms with E-state index in [1.807, 2.05) is 54.4 Å². The summed E-state index contributed by atoms with van der Waals surface area (Å²) in [5, 5.41) is 4.44. The molecule has 4 aromatic rings. The summed E-state index contributed by atoms with van der Waals surface area (Å²) in [4.78, 5) is 50.6. The number of aromatic nitrogens is 4. The van der Waals surface area contributed by atoms with Crippen molar-refractivity contribution in [1.82, 2.24) is 29.5 Å². The fraction of sp³-hybridized carbons (Fsp3) is 0.269. The molecule has 1 aromatic carbocycles. The van der Waals surface area contributed by atoms with Crippen molar-refractivity contribution < 1.29 is 14.4 Å². The van der Waals surface area contributed by atoms with Crippen LogP contribution in [0.4, 0.5) is 0 Å². The molecule has 1 saturated carbocycles. The Labute approximate surface area is 201 Å². The lowest BCUT2D eigenvalue weighted by Crippen LogP contribution is -2.59. The normalized spacial score (nSPS) is 16.6. The fourth-order valence-corrected chi connectivity index (χ4v) is 4.96. The molecule has 0 atom stereocenters. The third kappa shape index (κ3) is 3.51. The maximum Gasteiger partial charge on any atom is 0.295 e. The lowest BCUT2D eigenvalue weighted by molar-refractivity contribution is -0.129. The number of ketones is 1. The van der Waals surface area contributed by atoms with Gasteiger partial charge in [0.05, 0.1) is 28.0 Å². The molecule has 9 nitrogen and oxygen atoms in total. The van der Waals surface area contributed by atoms with Gasteiger partial charge in [0.2, 0.25) is 0 Å². The second kappa shape index (κ2) is 7.90. The van der Waals surface area contributed by atoms with Gasteiger partial charge in [-0.25, -0.2) is 4.68 Å². The Hall–Kier alpha value is -4.27. The summed E-state index contributed by atoms with van der Waals surface area (Å²) < 4.78 is 1.71. The quantitative estimate of drug-likeness (QED) is 0.366. The van der Waals surface area contributed by atoms with Gasteiger partial charge in [-0.1, -0.05) is 18.2 Å². The van der Waals surface area contributed by atoms with Crippen molar-refractivity contribution in [1.29, 1.82) is 0 Å². The smallest absolute Gasteiger partial charge is 0.295 e. The number of carbonyl (C=O) groups is 3. The topological polar surface area (TPSA) is 104 Å². The van der Waals surface area contributed by atoms with Crippen molar-refractivity contribution in [3.63, 3.8) is 0 Å². The number of carbonyl (C=O) groups excluding carboxylic acids is 3. The van der Waals surface area contributed by atoms with Gasteiger partial charge in [0.15, 0.2) is 0 Å². The van der Waals surface area contributed by atoms with E-state index in [-0.39, 0.29) is 17.0 Å². The number of H-pyrrole nitrogens is 1. The van der Waals surface area contributed by atoms with Crippen LogP contribution in [0, 0.1) is 6.92 Å². The fourth-order valence-electron chi connectivity index (χ4n) is 4.96. The largest absolute Gasteiger partial charge is 0.357 e. The molecule has 0 bridgehead atoms. The van der Waals surface area contributed by atoms with E-state index in [1.165, 1.54) is 0 Å². The number of Topliss-reactive ketones (excluding diaryl/α,β-unsaturated/α-hetero) is 1. The van der Waals surface area contributed by atoms with Crippen LogP contribution < -0.4 is 0 Å². The maximum atomic E-state index is 13.3. The first-order valence-electron chi connectivity index (χ1n) is 11.7. The Morgan fingerprint density at radius 1 is 1.03 bits per heavy atom. The van der Waals surface area contributed by atoms with Crippen LogP contribution in [0.3, 0.4) is 0 Å². The molecule has 2 fully saturated rings. The zero-order valence-electron chi connectivity index (χ0n) is 19.3. The Kier molecular flexibility index (Phi) is 4.80. The van der Waals surface area contributed by atoms with Crippen LogP contribution in [0.1, 0.15) is 39.3 Å². The van der Waals surface area contributed by atoms with E-state index in [9.17, 15) is 14.4 Å². The van der Waals surface area contributed by atoms with Crippen molar-refractivity contribution in [3.05, 3.63) is 77.9 Å². The monoisotopic (exact) mass is 468 g/mol. The maximum absolute atomic E-state index is 13.3. The van der Waals surface area contributed by atoms with E-state index >= 15 is 0 Å². The number of piperazine rings is 1. The van der Waals surface area contributed by atoms with Gasteiger partial charge in [0, 0.05) is 43.8 Å². The first kappa shape index (κ1) is 21.3. The summed E-state index contributed by atoms with van der Waals surface area (Å²) in [6, 6.07) is 12.9. The number of rotatable bonds is 4. The molecule has 2 amide bonds. The van der Waals surface area contributed by atoms with Crippen LogP contribution in [0.2, 0.25) is 0 Å². The number of amides is 2. The number of fused-ring (bicyclic) bond motifs is 1. The number of hydrogen-bond donors (Lipinski definition) is 1. The lowest BCUT2D eigenvalue weighted by atomic mass is 10.1. The van der Waals surface area contributed by atoms with E-state index in [2.05, 4.69) is 15.1 Å². The minimum atomic E-state index is -0.601. The number of nitrogens with one attached hydrogen (secondary N) is 1. The first-order valence-corrected chi connectivity index (χ1v) is 11.7. The predicted octanol–water partition coefficient (Wildman–Crippen LogP) is 2.76. The molecule has 1 N–H and O–H groups in total. The number of aromatic amines is 1. The molecular weight excluding hydrogens is 444 g/mol. The highest BCUT2D eigenvalue weighted by Crippen LogP contribution is 2.45. The van der Waals surface area contributed by atoms with Crippen LogP contribution in [-0.4, -0.2) is 72.3 Å². The number of aryl methyl sites for hydroxylation is 1. The van der Waals surface area contributed by atoms with Gasteiger partial charge in [-0.3, -0.25) is 19.4 Å². The average molecular weight is 469 g/mol. The molecule has 9 heteroatoms. The molecule has 1 aliphatic heterocycles. The number of hydrogen-bond acceptors (Lipinski definition) is 5. The summed E-state index contributed by atoms with van der Waals surface area (Å²) in [5.41, 5.74) is 3.19. The van der Waals surface area contributed by atoms with Crippen molar-refractivity contribution in [2.45, 2.75) is 25.3 Å². The molecule has 0 unspecified atom stereocenters. The van der Waals surface area contributed by atoms with Crippen LogP contribution in [0.5, 0.6) is 0 Å². The Balaban J connectivity index is 1.23. The molecule has 35 heavy (non-hydrogen) atoms. The van der Waals surface area contributed by atoms with Gasteiger partial charge in [-0.2, -0.15) is 5.10 Å². The van der Waals surface area contributed by atoms with E-state index in [1.54, 1.807) is 28.0 Å². The van der Waals surface area contributed by atoms with Crippen molar-refractivity contribution in [2.75, 3.05) is 19.6 Å². The standard InChI is InChI=1S/C26H24N6O3/c1-17-8-12-32(29-17)20-7-11-27-21-19(15-28-22(20)21)23(33)25(35)30-13-14-31(26(16-30)9-10-26)24(34)18-5-3-2-4-6-18/h2-8,11-12,15,28H,9-10,13-14,16H2,1H3. The summed E-state index contributed by atoms with van der Waals surface area (Å²) >= 11 is 0. The molecule has 176 valence electrons. The molecule has 3 aromatic heterocycles. The van der Waals surface area contributed by atoms with Gasteiger partial charge in [0.1, 0.15) is 5.52 Å². The highest BCUT2D eigenvalue weighted by molar-refractivity contribution is 6.44. The Morgan fingerprint density at radius 2 is 1.83 bits per heavy atom. The van der Waals surface area contributed by atoms with Gasteiger partial charge in [-0.05, 0) is 44.0 Å². The average Bonchev–Trinajstić information content (AvgIpc) is 3.29. The Morgan fingerprint density at radius 3 is 2.54 bits per heavy atom. The lowest BCUT2D eigenvalue weighted by Gasteiger charge is -2.42. The van der Waals surface area contributed by atoms with E-state index in [0.717, 1.165) is 24.2 Å². The van der Waals surface area contributed by atoms with Crippen LogP contribution in [-0.2, 0) is 4.79 Å². The summed E-state index contributed by atoms with van der Waals surface area (Å²) in [7, 11) is 0. The van der Waals surface area contributed by atoms with Gasteiger partial charge in [-0.15, -0.1) is 0 Å². The Bertz CT molecular complexity index is 1470. The van der Waals surface area contributed by atoms with Crippen molar-refractivity contribution >= 4 is 28.6 Å². The van der Waals surface area contributed by atoms with Crippen molar-refractivity contribution in [2.24, 2.45) is 0 Å². The van der Waals surface area contributed by atoms with E-state index in [0.29, 0.717) is 36.2 Å². The molecule has 0 radical (unpaired) electrons.